The molecule has 2 rings (SSSR count). The Morgan fingerprint density at radius 2 is 2.11 bits per heavy atom. The smallest absolute Gasteiger partial charge is 0.348 e. The van der Waals surface area contributed by atoms with Gasteiger partial charge >= 0.3 is 6.18 Å². The van der Waals surface area contributed by atoms with Gasteiger partial charge in [-0.15, -0.1) is 11.3 Å². The van der Waals surface area contributed by atoms with Gasteiger partial charge in [0.2, 0.25) is 0 Å². The Morgan fingerprint density at radius 3 is 2.68 bits per heavy atom. The van der Waals surface area contributed by atoms with E-state index in [9.17, 15) is 13.2 Å². The van der Waals surface area contributed by atoms with Crippen LogP contribution in [0.15, 0.2) is 6.20 Å². The molecule has 0 atom stereocenters. The second-order valence-corrected chi connectivity index (χ2v) is 5.79. The summed E-state index contributed by atoms with van der Waals surface area (Å²) in [6.45, 7) is 4.58. The van der Waals surface area contributed by atoms with Gasteiger partial charge in [0, 0.05) is 30.7 Å². The van der Waals surface area contributed by atoms with Crippen molar-refractivity contribution < 1.29 is 13.2 Å². The van der Waals surface area contributed by atoms with Crippen LogP contribution in [0.4, 0.5) is 18.3 Å². The lowest BCUT2D eigenvalue weighted by molar-refractivity contribution is -0.179. The van der Waals surface area contributed by atoms with Crippen molar-refractivity contribution in [3.05, 3.63) is 11.1 Å². The summed E-state index contributed by atoms with van der Waals surface area (Å²) in [5.74, 6) is -1.15. The van der Waals surface area contributed by atoms with Crippen molar-refractivity contribution in [1.82, 2.24) is 10.3 Å². The first-order chi connectivity index (χ1) is 9.00. The third-order valence-corrected chi connectivity index (χ3v) is 4.38. The van der Waals surface area contributed by atoms with Gasteiger partial charge in [-0.2, -0.15) is 13.2 Å². The van der Waals surface area contributed by atoms with E-state index in [0.29, 0.717) is 13.1 Å². The highest BCUT2D eigenvalue weighted by Crippen LogP contribution is 2.36. The van der Waals surface area contributed by atoms with Crippen molar-refractivity contribution >= 4 is 16.5 Å². The van der Waals surface area contributed by atoms with Crippen molar-refractivity contribution in [2.24, 2.45) is 5.92 Å². The van der Waals surface area contributed by atoms with Crippen molar-refractivity contribution in [1.29, 1.82) is 0 Å². The van der Waals surface area contributed by atoms with Gasteiger partial charge in [0.15, 0.2) is 5.13 Å². The first-order valence-corrected chi connectivity index (χ1v) is 7.29. The van der Waals surface area contributed by atoms with Gasteiger partial charge in [-0.25, -0.2) is 4.98 Å². The number of hydrogen-bond donors (Lipinski definition) is 1. The number of rotatable bonds is 4. The molecule has 1 aliphatic rings. The van der Waals surface area contributed by atoms with E-state index in [1.165, 1.54) is 0 Å². The Morgan fingerprint density at radius 1 is 1.42 bits per heavy atom. The van der Waals surface area contributed by atoms with Gasteiger partial charge < -0.3 is 10.2 Å². The fraction of sp³-hybridized carbons (Fsp3) is 0.750. The van der Waals surface area contributed by atoms with Crippen LogP contribution in [0.2, 0.25) is 0 Å². The average molecular weight is 293 g/mol. The first kappa shape index (κ1) is 14.6. The van der Waals surface area contributed by atoms with E-state index in [4.69, 9.17) is 0 Å². The Kier molecular flexibility index (Phi) is 4.67. The second-order valence-electron chi connectivity index (χ2n) is 4.69. The zero-order valence-electron chi connectivity index (χ0n) is 10.8. The highest BCUT2D eigenvalue weighted by atomic mass is 32.1. The second kappa shape index (κ2) is 6.09. The van der Waals surface area contributed by atoms with Gasteiger partial charge in [0.25, 0.3) is 0 Å². The molecular weight excluding hydrogens is 275 g/mol. The molecule has 1 aromatic heterocycles. The summed E-state index contributed by atoms with van der Waals surface area (Å²) in [6.07, 6.45) is -1.90. The lowest BCUT2D eigenvalue weighted by atomic mass is 9.97. The molecule has 0 amide bonds. The Hall–Kier alpha value is -0.820. The van der Waals surface area contributed by atoms with Gasteiger partial charge in [-0.05, 0) is 19.4 Å². The molecule has 1 aliphatic heterocycles. The zero-order valence-corrected chi connectivity index (χ0v) is 11.7. The van der Waals surface area contributed by atoms with Crippen LogP contribution < -0.4 is 10.2 Å². The largest absolute Gasteiger partial charge is 0.391 e. The number of halogens is 3. The number of nitrogens with zero attached hydrogens (tertiary/aromatic N) is 2. The van der Waals surface area contributed by atoms with Crippen molar-refractivity contribution in [3.8, 4) is 0 Å². The van der Waals surface area contributed by atoms with E-state index in [1.807, 2.05) is 11.8 Å². The summed E-state index contributed by atoms with van der Waals surface area (Å²) in [4.78, 5) is 7.38. The Bertz CT molecular complexity index is 397. The summed E-state index contributed by atoms with van der Waals surface area (Å²) >= 11 is 1.56. The van der Waals surface area contributed by atoms with Gasteiger partial charge in [0.05, 0.1) is 5.92 Å². The van der Waals surface area contributed by atoms with Gasteiger partial charge in [-0.1, -0.05) is 6.92 Å². The maximum absolute atomic E-state index is 12.6. The SMILES string of the molecule is CCNCc1cnc(N2CCC(C(F)(F)F)CC2)s1. The van der Waals surface area contributed by atoms with E-state index in [1.54, 1.807) is 17.5 Å². The molecule has 0 spiro atoms. The van der Waals surface area contributed by atoms with E-state index >= 15 is 0 Å². The van der Waals surface area contributed by atoms with Crippen LogP contribution in [0.25, 0.3) is 0 Å². The zero-order chi connectivity index (χ0) is 13.9. The molecule has 1 aromatic rings. The maximum atomic E-state index is 12.6. The molecule has 2 heterocycles. The normalized spacial score (nSPS) is 18.0. The molecule has 108 valence electrons. The molecule has 19 heavy (non-hydrogen) atoms. The first-order valence-electron chi connectivity index (χ1n) is 6.47. The van der Waals surface area contributed by atoms with Crippen molar-refractivity contribution in [2.75, 3.05) is 24.5 Å². The Labute approximate surface area is 114 Å². The molecule has 0 bridgehead atoms. The minimum atomic E-state index is -4.05. The number of nitrogens with one attached hydrogen (secondary N) is 1. The summed E-state index contributed by atoms with van der Waals surface area (Å²) in [6, 6.07) is 0. The van der Waals surface area contributed by atoms with Gasteiger partial charge in [0.1, 0.15) is 0 Å². The van der Waals surface area contributed by atoms with Crippen LogP contribution >= 0.6 is 11.3 Å². The lowest BCUT2D eigenvalue weighted by Gasteiger charge is -2.32. The van der Waals surface area contributed by atoms with E-state index in [2.05, 4.69) is 10.3 Å². The molecule has 1 fully saturated rings. The molecule has 0 saturated carbocycles. The maximum Gasteiger partial charge on any atom is 0.391 e. The summed E-state index contributed by atoms with van der Waals surface area (Å²) in [5.41, 5.74) is 0. The van der Waals surface area contributed by atoms with E-state index in [-0.39, 0.29) is 12.8 Å². The molecule has 0 radical (unpaired) electrons. The summed E-state index contributed by atoms with van der Waals surface area (Å²) in [5, 5.41) is 4.05. The van der Waals surface area contributed by atoms with E-state index < -0.39 is 12.1 Å². The van der Waals surface area contributed by atoms with Crippen molar-refractivity contribution in [3.63, 3.8) is 0 Å². The van der Waals surface area contributed by atoms with Crippen LogP contribution in [0.3, 0.4) is 0 Å². The highest BCUT2D eigenvalue weighted by molar-refractivity contribution is 7.15. The predicted molar refractivity (Wildman–Crippen MR) is 70.5 cm³/mol. The number of piperidine rings is 1. The minimum absolute atomic E-state index is 0.172. The van der Waals surface area contributed by atoms with Crippen LogP contribution in [-0.4, -0.2) is 30.8 Å². The number of thiazole rings is 1. The quantitative estimate of drug-likeness (QED) is 0.925. The summed E-state index contributed by atoms with van der Waals surface area (Å²) < 4.78 is 37.7. The minimum Gasteiger partial charge on any atom is -0.348 e. The van der Waals surface area contributed by atoms with Crippen molar-refractivity contribution in [2.45, 2.75) is 32.5 Å². The molecule has 0 aromatic carbocycles. The average Bonchev–Trinajstić information content (AvgIpc) is 2.84. The van der Waals surface area contributed by atoms with Crippen LogP contribution in [0, 0.1) is 5.92 Å². The standard InChI is InChI=1S/C12H18F3N3S/c1-2-16-7-10-8-17-11(19-10)18-5-3-9(4-6-18)12(13,14)15/h8-9,16H,2-7H2,1H3. The van der Waals surface area contributed by atoms with Gasteiger partial charge in [-0.3, -0.25) is 0 Å². The van der Waals surface area contributed by atoms with Crippen LogP contribution in [0.5, 0.6) is 0 Å². The Balaban J connectivity index is 1.89. The number of aromatic nitrogens is 1. The van der Waals surface area contributed by atoms with Crippen LogP contribution in [0.1, 0.15) is 24.6 Å². The molecule has 0 aliphatic carbocycles. The highest BCUT2D eigenvalue weighted by Gasteiger charge is 2.41. The topological polar surface area (TPSA) is 28.2 Å². The molecule has 1 saturated heterocycles. The fourth-order valence-electron chi connectivity index (χ4n) is 2.17. The fourth-order valence-corrected chi connectivity index (χ4v) is 3.10. The molecule has 1 N–H and O–H groups in total. The molecule has 0 unspecified atom stereocenters. The van der Waals surface area contributed by atoms with E-state index in [0.717, 1.165) is 23.1 Å². The molecular formula is C12H18F3N3S. The van der Waals surface area contributed by atoms with Crippen LogP contribution in [-0.2, 0) is 6.54 Å². The third-order valence-electron chi connectivity index (χ3n) is 3.32. The third kappa shape index (κ3) is 3.82. The number of anilines is 1. The monoisotopic (exact) mass is 293 g/mol. The number of alkyl halides is 3. The predicted octanol–water partition coefficient (Wildman–Crippen LogP) is 3.03. The lowest BCUT2D eigenvalue weighted by Crippen LogP contribution is -2.38. The molecule has 3 nitrogen and oxygen atoms in total. The molecule has 7 heteroatoms. The number of hydrogen-bond acceptors (Lipinski definition) is 4. The summed E-state index contributed by atoms with van der Waals surface area (Å²) in [7, 11) is 0.